The highest BCUT2D eigenvalue weighted by molar-refractivity contribution is 6.32. The molecule has 0 aromatic heterocycles. The number of nitriles is 1. The predicted molar refractivity (Wildman–Crippen MR) is 97.9 cm³/mol. The first-order valence-electron chi connectivity index (χ1n) is 7.68. The molecule has 0 fully saturated rings. The second-order valence-corrected chi connectivity index (χ2v) is 6.07. The molecule has 2 aromatic rings. The van der Waals surface area contributed by atoms with E-state index < -0.39 is 0 Å². The first-order chi connectivity index (χ1) is 12.2. The molecule has 0 aliphatic carbocycles. The van der Waals surface area contributed by atoms with Gasteiger partial charge in [-0.1, -0.05) is 11.6 Å². The lowest BCUT2D eigenvalue weighted by atomic mass is 10.1. The van der Waals surface area contributed by atoms with E-state index in [1.807, 2.05) is 18.2 Å². The summed E-state index contributed by atoms with van der Waals surface area (Å²) in [5.41, 5.74) is 2.06. The Morgan fingerprint density at radius 3 is 2.88 bits per heavy atom. The Kier molecular flexibility index (Phi) is 5.42. The number of alkyl halides is 1. The van der Waals surface area contributed by atoms with Crippen LogP contribution in [0.3, 0.4) is 0 Å². The van der Waals surface area contributed by atoms with Crippen LogP contribution in [0.2, 0.25) is 5.02 Å². The Bertz CT molecular complexity index is 821. The molecule has 0 bridgehead atoms. The largest absolute Gasteiger partial charge is 0.497 e. The third kappa shape index (κ3) is 3.55. The van der Waals surface area contributed by atoms with E-state index in [-0.39, 0.29) is 6.61 Å². The number of anilines is 2. The number of fused-ring (bicyclic) bond motifs is 1. The van der Waals surface area contributed by atoms with Gasteiger partial charge in [-0.25, -0.2) is 0 Å². The molecule has 0 saturated carbocycles. The van der Waals surface area contributed by atoms with Crippen molar-refractivity contribution in [1.82, 2.24) is 0 Å². The number of hydrogen-bond donors (Lipinski definition) is 0. The quantitative estimate of drug-likeness (QED) is 0.723. The highest BCUT2D eigenvalue weighted by Crippen LogP contribution is 2.41. The van der Waals surface area contributed by atoms with Crippen molar-refractivity contribution in [2.45, 2.75) is 0 Å². The van der Waals surface area contributed by atoms with Gasteiger partial charge < -0.3 is 19.1 Å². The molecule has 25 heavy (non-hydrogen) atoms. The summed E-state index contributed by atoms with van der Waals surface area (Å²) in [6.45, 7) is 1.45. The molecule has 5 nitrogen and oxygen atoms in total. The Morgan fingerprint density at radius 1 is 1.32 bits per heavy atom. The Balaban J connectivity index is 2.01. The minimum absolute atomic E-state index is 0.287. The molecule has 1 aliphatic heterocycles. The molecule has 2 aromatic carbocycles. The summed E-state index contributed by atoms with van der Waals surface area (Å²) in [4.78, 5) is 2.05. The summed E-state index contributed by atoms with van der Waals surface area (Å²) in [5, 5.41) is 9.82. The Labute approximate surface area is 156 Å². The lowest BCUT2D eigenvalue weighted by Gasteiger charge is -2.32. The van der Waals surface area contributed by atoms with E-state index in [1.165, 1.54) is 0 Å². The van der Waals surface area contributed by atoms with Crippen LogP contribution in [0.4, 0.5) is 11.4 Å². The van der Waals surface area contributed by atoms with Gasteiger partial charge in [-0.05, 0) is 24.3 Å². The number of nitrogens with zero attached hydrogens (tertiary/aromatic N) is 2. The average molecular weight is 379 g/mol. The summed E-state index contributed by atoms with van der Waals surface area (Å²) >= 11 is 12.0. The van der Waals surface area contributed by atoms with Gasteiger partial charge in [-0.2, -0.15) is 5.26 Å². The lowest BCUT2D eigenvalue weighted by Crippen LogP contribution is -2.28. The SMILES string of the molecule is COc1ccc2c(c1)OCCN2c1cc(Cl)c(OCCCl)c(C#N)c1. The minimum Gasteiger partial charge on any atom is -0.497 e. The van der Waals surface area contributed by atoms with Gasteiger partial charge in [0.2, 0.25) is 0 Å². The summed E-state index contributed by atoms with van der Waals surface area (Å²) in [6.07, 6.45) is 0. The fourth-order valence-corrected chi connectivity index (χ4v) is 3.05. The molecule has 0 unspecified atom stereocenters. The van der Waals surface area contributed by atoms with Gasteiger partial charge in [-0.3, -0.25) is 0 Å². The van der Waals surface area contributed by atoms with Gasteiger partial charge in [0.25, 0.3) is 0 Å². The fraction of sp³-hybridized carbons (Fsp3) is 0.278. The Morgan fingerprint density at radius 2 is 2.16 bits per heavy atom. The highest BCUT2D eigenvalue weighted by Gasteiger charge is 2.22. The van der Waals surface area contributed by atoms with Crippen LogP contribution in [0.1, 0.15) is 5.56 Å². The summed E-state index contributed by atoms with van der Waals surface area (Å²) in [5.74, 6) is 2.13. The smallest absolute Gasteiger partial charge is 0.155 e. The van der Waals surface area contributed by atoms with Gasteiger partial charge in [0.15, 0.2) is 5.75 Å². The van der Waals surface area contributed by atoms with E-state index in [4.69, 9.17) is 37.4 Å². The first-order valence-corrected chi connectivity index (χ1v) is 8.60. The number of rotatable bonds is 5. The normalized spacial score (nSPS) is 12.8. The highest BCUT2D eigenvalue weighted by atomic mass is 35.5. The zero-order valence-corrected chi connectivity index (χ0v) is 15.1. The van der Waals surface area contributed by atoms with Crippen LogP contribution in [-0.2, 0) is 0 Å². The second-order valence-electron chi connectivity index (χ2n) is 5.29. The maximum atomic E-state index is 9.45. The third-order valence-electron chi connectivity index (χ3n) is 3.81. The molecule has 1 heterocycles. The molecule has 0 spiro atoms. The van der Waals surface area contributed by atoms with Gasteiger partial charge in [-0.15, -0.1) is 11.6 Å². The zero-order valence-electron chi connectivity index (χ0n) is 13.6. The van der Waals surface area contributed by atoms with Crippen molar-refractivity contribution in [3.63, 3.8) is 0 Å². The summed E-state index contributed by atoms with van der Waals surface area (Å²) < 4.78 is 16.5. The van der Waals surface area contributed by atoms with Crippen molar-refractivity contribution >= 4 is 34.6 Å². The molecule has 7 heteroatoms. The molecule has 3 rings (SSSR count). The second kappa shape index (κ2) is 7.73. The molecule has 130 valence electrons. The average Bonchev–Trinajstić information content (AvgIpc) is 2.65. The van der Waals surface area contributed by atoms with Crippen LogP contribution in [0.15, 0.2) is 30.3 Å². The van der Waals surface area contributed by atoms with E-state index in [0.29, 0.717) is 35.4 Å². The number of methoxy groups -OCH3 is 1. The zero-order chi connectivity index (χ0) is 17.8. The van der Waals surface area contributed by atoms with E-state index in [2.05, 4.69) is 11.0 Å². The van der Waals surface area contributed by atoms with Crippen LogP contribution in [0.25, 0.3) is 0 Å². The fourth-order valence-electron chi connectivity index (χ4n) is 2.70. The number of ether oxygens (including phenoxy) is 3. The number of hydrogen-bond acceptors (Lipinski definition) is 5. The molecular formula is C18H16Cl2N2O3. The molecular weight excluding hydrogens is 363 g/mol. The predicted octanol–water partition coefficient (Wildman–Crippen LogP) is 4.37. The lowest BCUT2D eigenvalue weighted by molar-refractivity contribution is 0.311. The van der Waals surface area contributed by atoms with Crippen molar-refractivity contribution in [3.05, 3.63) is 40.9 Å². The third-order valence-corrected chi connectivity index (χ3v) is 4.25. The molecule has 0 atom stereocenters. The van der Waals surface area contributed by atoms with Crippen molar-refractivity contribution in [1.29, 1.82) is 5.26 Å². The maximum absolute atomic E-state index is 9.45. The molecule has 0 saturated heterocycles. The van der Waals surface area contributed by atoms with Crippen LogP contribution >= 0.6 is 23.2 Å². The van der Waals surface area contributed by atoms with Crippen LogP contribution in [-0.4, -0.2) is 32.7 Å². The minimum atomic E-state index is 0.287. The van der Waals surface area contributed by atoms with Gasteiger partial charge in [0, 0.05) is 11.8 Å². The summed E-state index contributed by atoms with van der Waals surface area (Å²) in [6, 6.07) is 11.3. The van der Waals surface area contributed by atoms with Crippen molar-refractivity contribution in [2.24, 2.45) is 0 Å². The molecule has 0 N–H and O–H groups in total. The monoisotopic (exact) mass is 378 g/mol. The first kappa shape index (κ1) is 17.5. The van der Waals surface area contributed by atoms with E-state index in [1.54, 1.807) is 19.2 Å². The van der Waals surface area contributed by atoms with Gasteiger partial charge in [0.05, 0.1) is 35.8 Å². The molecule has 0 amide bonds. The molecule has 1 aliphatic rings. The van der Waals surface area contributed by atoms with Crippen LogP contribution < -0.4 is 19.1 Å². The number of halogens is 2. The van der Waals surface area contributed by atoms with Crippen LogP contribution in [0, 0.1) is 11.3 Å². The number of benzene rings is 2. The summed E-state index contributed by atoms with van der Waals surface area (Å²) in [7, 11) is 1.61. The van der Waals surface area contributed by atoms with Crippen molar-refractivity contribution < 1.29 is 14.2 Å². The maximum Gasteiger partial charge on any atom is 0.155 e. The topological polar surface area (TPSA) is 54.7 Å². The van der Waals surface area contributed by atoms with E-state index >= 15 is 0 Å². The molecule has 0 radical (unpaired) electrons. The van der Waals surface area contributed by atoms with Gasteiger partial charge >= 0.3 is 0 Å². The van der Waals surface area contributed by atoms with Crippen molar-refractivity contribution in [3.8, 4) is 23.3 Å². The Hall–Kier alpha value is -2.29. The van der Waals surface area contributed by atoms with Crippen molar-refractivity contribution in [2.75, 3.05) is 37.6 Å². The van der Waals surface area contributed by atoms with E-state index in [0.717, 1.165) is 22.9 Å². The van der Waals surface area contributed by atoms with E-state index in [9.17, 15) is 5.26 Å². The van der Waals surface area contributed by atoms with Crippen LogP contribution in [0.5, 0.6) is 17.2 Å². The standard InChI is InChI=1S/C18H16Cl2N2O3/c1-23-14-2-3-16-17(10-14)24-7-5-22(16)13-8-12(11-21)18(15(20)9-13)25-6-4-19/h2-3,8-10H,4-7H2,1H3. The van der Waals surface area contributed by atoms with Gasteiger partial charge in [0.1, 0.15) is 30.8 Å².